The van der Waals surface area contributed by atoms with E-state index in [0.29, 0.717) is 126 Å². The van der Waals surface area contributed by atoms with Crippen molar-refractivity contribution in [2.24, 2.45) is 139 Å². The van der Waals surface area contributed by atoms with Gasteiger partial charge in [-0.15, -0.1) is 0 Å². The van der Waals surface area contributed by atoms with Crippen molar-refractivity contribution in [3.63, 3.8) is 0 Å². The number of fused-ring (bicyclic) bond motifs is 15. The quantitative estimate of drug-likeness (QED) is 0.100. The minimum absolute atomic E-state index is 0. The molecule has 0 aromatic rings. The smallest absolute Gasteiger partial charge is 0.550 e. The normalized spacial score (nSPS) is 51.1. The van der Waals surface area contributed by atoms with Crippen molar-refractivity contribution in [1.29, 1.82) is 0 Å². The summed E-state index contributed by atoms with van der Waals surface area (Å²) in [6, 6.07) is 0. The van der Waals surface area contributed by atoms with Crippen molar-refractivity contribution in [3.8, 4) is 0 Å². The van der Waals surface area contributed by atoms with Crippen LogP contribution in [0.3, 0.4) is 0 Å². The fraction of sp³-hybridized carbons (Fsp3) is 0.958. The summed E-state index contributed by atoms with van der Waals surface area (Å²) in [5, 5.41) is 97.1. The van der Waals surface area contributed by atoms with Gasteiger partial charge < -0.3 is 60.3 Å². The average Bonchev–Trinajstić information content (AvgIpc) is 2.18. The summed E-state index contributed by atoms with van der Waals surface area (Å²) in [7, 11) is 0. The molecule has 85 heavy (non-hydrogen) atoms. The van der Waals surface area contributed by atoms with E-state index < -0.39 is 17.9 Å². The molecule has 12 aliphatic carbocycles. The van der Waals surface area contributed by atoms with Gasteiger partial charge in [-0.05, 0) is 332 Å². The molecule has 12 saturated carbocycles. The van der Waals surface area contributed by atoms with E-state index in [1.54, 1.807) is 0 Å². The molecule has 13 heteroatoms. The molecular weight excluding hydrogens is 1110 g/mol. The zero-order chi connectivity index (χ0) is 60.8. The van der Waals surface area contributed by atoms with Gasteiger partial charge in [0.25, 0.3) is 0 Å². The van der Waals surface area contributed by atoms with E-state index in [2.05, 4.69) is 62.3 Å². The van der Waals surface area contributed by atoms with Crippen LogP contribution < -0.4 is 15.3 Å². The summed E-state index contributed by atoms with van der Waals surface area (Å²) < 4.78 is 0. The monoisotopic (exact) mass is 1230 g/mol. The maximum Gasteiger partial charge on any atom is 3.00 e. The number of rotatable bonds is 12. The fourth-order valence-electron chi connectivity index (χ4n) is 26.2. The standard InChI is InChI=1S/3C24H40O4.Fe/c3*1-14(4-7-21(27)28)17-5-6-18-22-19(9-11-24(17,18)3)23(2)10-8-16(25)12-15(23)13-20(22)26;/h3*14-20,22,25-26H,4-13H2,1-3H3,(H,27,28);/q;;;+3/p-3/t3*14-,15+,16-,17-,18+,19+,20+,22+,23+,24-;/m111./s1. The Morgan fingerprint density at radius 3 is 0.812 bits per heavy atom. The fourth-order valence-corrected chi connectivity index (χ4v) is 26.2. The first-order valence-electron chi connectivity index (χ1n) is 35.2. The molecule has 12 rings (SSSR count). The van der Waals surface area contributed by atoms with Crippen LogP contribution in [0.15, 0.2) is 0 Å². The van der Waals surface area contributed by atoms with Gasteiger partial charge in [0.15, 0.2) is 0 Å². The molecule has 485 valence electrons. The van der Waals surface area contributed by atoms with E-state index in [0.717, 1.165) is 77.0 Å². The molecule has 0 saturated heterocycles. The number of carbonyl (C=O) groups excluding carboxylic acids is 3. The van der Waals surface area contributed by atoms with Gasteiger partial charge in [0, 0.05) is 17.9 Å². The van der Waals surface area contributed by atoms with Crippen molar-refractivity contribution in [1.82, 2.24) is 0 Å². The van der Waals surface area contributed by atoms with Crippen molar-refractivity contribution >= 4 is 17.9 Å². The number of hydrogen-bond donors (Lipinski definition) is 6. The van der Waals surface area contributed by atoms with Crippen LogP contribution in [0.4, 0.5) is 0 Å². The third-order valence-corrected chi connectivity index (χ3v) is 30.7. The Bertz CT molecular complexity index is 2070. The number of carboxylic acid groups (broad SMARTS) is 3. The molecular formula is C72H117FeO12. The van der Waals surface area contributed by atoms with Gasteiger partial charge in [-0.3, -0.25) is 0 Å². The second kappa shape index (κ2) is 26.0. The number of aliphatic carboxylic acids is 3. The molecule has 12 fully saturated rings. The van der Waals surface area contributed by atoms with Crippen molar-refractivity contribution in [2.75, 3.05) is 0 Å². The van der Waals surface area contributed by atoms with Crippen LogP contribution in [0.2, 0.25) is 0 Å². The molecule has 0 bridgehead atoms. The van der Waals surface area contributed by atoms with Crippen LogP contribution >= 0.6 is 0 Å². The van der Waals surface area contributed by atoms with E-state index in [-0.39, 0.29) is 105 Å². The second-order valence-corrected chi connectivity index (χ2v) is 34.0. The van der Waals surface area contributed by atoms with Crippen molar-refractivity contribution in [2.45, 2.75) is 292 Å². The van der Waals surface area contributed by atoms with Gasteiger partial charge in [-0.25, -0.2) is 0 Å². The number of aliphatic hydroxyl groups is 6. The molecule has 12 aliphatic rings. The SMILES string of the molecule is C[C@H](CCC(=O)[O-])[C@H]1CC[C@H]2[C@@H]3[C@@H](O)C[C@@H]4C[C@H](O)CC[C@]4(C)[C@H]3CC[C@]12C.C[C@H](CCC(=O)[O-])[C@H]1CC[C@H]2[C@@H]3[C@@H](O)C[C@@H]4C[C@H](O)CC[C@]4(C)[C@H]3CC[C@]12C.C[C@H](CCC(=O)[O-])[C@H]1CC[C@H]2[C@@H]3[C@@H](O)C[C@@H]4C[C@H](O)CC[C@]4(C)[C@H]3CC[C@]12C.[Fe+3]. The Morgan fingerprint density at radius 1 is 0.353 bits per heavy atom. The molecule has 0 spiro atoms. The van der Waals surface area contributed by atoms with Crippen LogP contribution in [0.5, 0.6) is 0 Å². The van der Waals surface area contributed by atoms with E-state index in [9.17, 15) is 60.3 Å². The molecule has 12 nitrogen and oxygen atoms in total. The number of carboxylic acids is 3. The number of aliphatic hydroxyl groups excluding tert-OH is 6. The second-order valence-electron chi connectivity index (χ2n) is 34.0. The maximum absolute atomic E-state index is 11.2. The van der Waals surface area contributed by atoms with E-state index in [1.165, 1.54) is 77.0 Å². The topological polar surface area (TPSA) is 242 Å². The summed E-state index contributed by atoms with van der Waals surface area (Å²) in [5.41, 5.74) is 1.48. The molecule has 30 atom stereocenters. The van der Waals surface area contributed by atoms with Gasteiger partial charge in [0.2, 0.25) is 0 Å². The van der Waals surface area contributed by atoms with Crippen LogP contribution in [-0.4, -0.2) is 85.2 Å². The van der Waals surface area contributed by atoms with Gasteiger partial charge in [-0.2, -0.15) is 0 Å². The Kier molecular flexibility index (Phi) is 20.8. The molecule has 0 aliphatic heterocycles. The third kappa shape index (κ3) is 12.4. The van der Waals surface area contributed by atoms with Gasteiger partial charge in [-0.1, -0.05) is 62.3 Å². The minimum Gasteiger partial charge on any atom is -0.550 e. The van der Waals surface area contributed by atoms with Crippen LogP contribution in [0.25, 0.3) is 0 Å². The number of carbonyl (C=O) groups is 3. The minimum atomic E-state index is -0.934. The summed E-state index contributed by atoms with van der Waals surface area (Å²) >= 11 is 0. The molecule has 6 N–H and O–H groups in total. The average molecular weight is 1230 g/mol. The Balaban J connectivity index is 0.000000152. The predicted octanol–water partition coefficient (Wildman–Crippen LogP) is 9.43. The summed E-state index contributed by atoms with van der Waals surface area (Å²) in [6.45, 7) is 21.3. The first-order valence-corrected chi connectivity index (χ1v) is 35.2. The van der Waals surface area contributed by atoms with Crippen LogP contribution in [0.1, 0.15) is 255 Å². The maximum atomic E-state index is 11.2. The predicted molar refractivity (Wildman–Crippen MR) is 318 cm³/mol. The van der Waals surface area contributed by atoms with E-state index in [4.69, 9.17) is 0 Å². The van der Waals surface area contributed by atoms with Crippen molar-refractivity contribution < 1.29 is 77.4 Å². The van der Waals surface area contributed by atoms with Crippen LogP contribution in [-0.2, 0) is 31.5 Å². The van der Waals surface area contributed by atoms with E-state index in [1.807, 2.05) is 0 Å². The Hall–Kier alpha value is -1.31. The number of hydrogen-bond acceptors (Lipinski definition) is 12. The first-order chi connectivity index (χ1) is 39.5. The largest absolute Gasteiger partial charge is 3.00 e. The summed E-state index contributed by atoms with van der Waals surface area (Å²) in [6.07, 6.45) is 26.7. The molecule has 0 heterocycles. The summed E-state index contributed by atoms with van der Waals surface area (Å²) in [4.78, 5) is 32.8. The third-order valence-electron chi connectivity index (χ3n) is 30.7. The Morgan fingerprint density at radius 2 is 0.576 bits per heavy atom. The Labute approximate surface area is 523 Å². The van der Waals surface area contributed by atoms with Gasteiger partial charge in [0.05, 0.1) is 36.6 Å². The molecule has 0 aromatic heterocycles. The first kappa shape index (κ1) is 68.1. The van der Waals surface area contributed by atoms with Crippen molar-refractivity contribution in [3.05, 3.63) is 0 Å². The molecule has 0 aromatic carbocycles. The zero-order valence-corrected chi connectivity index (χ0v) is 55.2. The van der Waals surface area contributed by atoms with Gasteiger partial charge >= 0.3 is 17.1 Å². The molecule has 0 amide bonds. The zero-order valence-electron chi connectivity index (χ0n) is 54.1. The van der Waals surface area contributed by atoms with Gasteiger partial charge in [0.1, 0.15) is 0 Å². The molecule has 0 unspecified atom stereocenters. The molecule has 1 radical (unpaired) electrons. The van der Waals surface area contributed by atoms with E-state index >= 15 is 0 Å². The van der Waals surface area contributed by atoms with Crippen LogP contribution in [0, 0.1) is 139 Å². The summed E-state index contributed by atoms with van der Waals surface area (Å²) in [5.74, 6) is 5.98.